The number of hydrogen-bond donors (Lipinski definition) is 1. The van der Waals surface area contributed by atoms with Gasteiger partial charge in [0.1, 0.15) is 5.82 Å². The molecule has 1 aromatic heterocycles. The molecule has 0 aliphatic carbocycles. The molecular weight excluding hydrogens is 203 g/mol. The largest absolute Gasteiger partial charge is 0.340 e. The molecule has 0 saturated heterocycles. The zero-order valence-electron chi connectivity index (χ0n) is 9.07. The van der Waals surface area contributed by atoms with Crippen LogP contribution in [0.3, 0.4) is 0 Å². The van der Waals surface area contributed by atoms with Gasteiger partial charge >= 0.3 is 0 Å². The molecule has 0 bridgehead atoms. The minimum atomic E-state index is -0.477. The number of benzene rings is 1. The average molecular weight is 216 g/mol. The molecule has 0 spiro atoms. The Hall–Kier alpha value is -1.90. The molecule has 0 aliphatic rings. The van der Waals surface area contributed by atoms with Crippen LogP contribution in [0.1, 0.15) is 12.5 Å². The molecule has 82 valence electrons. The Morgan fingerprint density at radius 2 is 1.88 bits per heavy atom. The molecule has 0 amide bonds. The van der Waals surface area contributed by atoms with E-state index < -0.39 is 5.95 Å². The first kappa shape index (κ1) is 10.6. The fourth-order valence-electron chi connectivity index (χ4n) is 1.45. The second-order valence-corrected chi connectivity index (χ2v) is 3.52. The Morgan fingerprint density at radius 1 is 1.12 bits per heavy atom. The zero-order valence-corrected chi connectivity index (χ0v) is 9.07. The summed E-state index contributed by atoms with van der Waals surface area (Å²) in [4.78, 5) is 3.73. The number of pyridine rings is 1. The van der Waals surface area contributed by atoms with Crippen LogP contribution in [-0.2, 0) is 6.42 Å². The summed E-state index contributed by atoms with van der Waals surface area (Å²) in [6.45, 7) is 2.11. The van der Waals surface area contributed by atoms with E-state index in [4.69, 9.17) is 0 Å². The molecule has 1 heterocycles. The summed E-state index contributed by atoms with van der Waals surface area (Å²) in [5, 5.41) is 3.04. The van der Waals surface area contributed by atoms with Gasteiger partial charge in [0, 0.05) is 5.69 Å². The Balaban J connectivity index is 2.14. The first-order chi connectivity index (χ1) is 7.78. The van der Waals surface area contributed by atoms with Crippen molar-refractivity contribution in [3.8, 4) is 0 Å². The predicted molar refractivity (Wildman–Crippen MR) is 63.3 cm³/mol. The van der Waals surface area contributed by atoms with Crippen LogP contribution in [0.5, 0.6) is 0 Å². The molecular formula is C13H13FN2. The average Bonchev–Trinajstić information content (AvgIpc) is 2.30. The summed E-state index contributed by atoms with van der Waals surface area (Å²) in [5.74, 6) is 0.0411. The lowest BCUT2D eigenvalue weighted by atomic mass is 10.1. The quantitative estimate of drug-likeness (QED) is 0.794. The van der Waals surface area contributed by atoms with Gasteiger partial charge in [-0.2, -0.15) is 4.39 Å². The summed E-state index contributed by atoms with van der Waals surface area (Å²) in [6.07, 6.45) is 1.01. The van der Waals surface area contributed by atoms with Crippen molar-refractivity contribution >= 4 is 11.5 Å². The monoisotopic (exact) mass is 216 g/mol. The molecule has 0 saturated carbocycles. The second kappa shape index (κ2) is 4.75. The van der Waals surface area contributed by atoms with Crippen molar-refractivity contribution in [1.29, 1.82) is 0 Å². The highest BCUT2D eigenvalue weighted by atomic mass is 19.1. The Bertz CT molecular complexity index is 466. The van der Waals surface area contributed by atoms with Crippen molar-refractivity contribution in [2.24, 2.45) is 0 Å². The predicted octanol–water partition coefficient (Wildman–Crippen LogP) is 3.53. The third-order valence-electron chi connectivity index (χ3n) is 2.35. The van der Waals surface area contributed by atoms with Crippen molar-refractivity contribution in [2.45, 2.75) is 13.3 Å². The van der Waals surface area contributed by atoms with Crippen LogP contribution in [-0.4, -0.2) is 4.98 Å². The fourth-order valence-corrected chi connectivity index (χ4v) is 1.45. The van der Waals surface area contributed by atoms with Crippen molar-refractivity contribution in [2.75, 3.05) is 5.32 Å². The summed E-state index contributed by atoms with van der Waals surface area (Å²) in [7, 11) is 0. The van der Waals surface area contributed by atoms with Crippen LogP contribution in [0, 0.1) is 5.95 Å². The van der Waals surface area contributed by atoms with Gasteiger partial charge in [0.05, 0.1) is 0 Å². The topological polar surface area (TPSA) is 24.9 Å². The van der Waals surface area contributed by atoms with Gasteiger partial charge in [0.25, 0.3) is 0 Å². The van der Waals surface area contributed by atoms with E-state index in [2.05, 4.69) is 17.2 Å². The third kappa shape index (κ3) is 2.57. The number of nitrogens with zero attached hydrogens (tertiary/aromatic N) is 1. The van der Waals surface area contributed by atoms with Crippen LogP contribution >= 0.6 is 0 Å². The lowest BCUT2D eigenvalue weighted by Crippen LogP contribution is -1.94. The van der Waals surface area contributed by atoms with E-state index in [1.54, 1.807) is 12.1 Å². The van der Waals surface area contributed by atoms with E-state index in [1.807, 2.05) is 24.3 Å². The lowest BCUT2D eigenvalue weighted by Gasteiger charge is -2.05. The Labute approximate surface area is 94.2 Å². The van der Waals surface area contributed by atoms with Gasteiger partial charge < -0.3 is 5.32 Å². The number of aryl methyl sites for hydroxylation is 1. The maximum atomic E-state index is 12.8. The maximum Gasteiger partial charge on any atom is 0.214 e. The van der Waals surface area contributed by atoms with Gasteiger partial charge in [-0.1, -0.05) is 25.1 Å². The maximum absolute atomic E-state index is 12.8. The van der Waals surface area contributed by atoms with Crippen LogP contribution in [0.25, 0.3) is 0 Å². The van der Waals surface area contributed by atoms with Gasteiger partial charge in [-0.15, -0.1) is 0 Å². The highest BCUT2D eigenvalue weighted by Crippen LogP contribution is 2.15. The molecule has 3 heteroatoms. The van der Waals surface area contributed by atoms with Crippen LogP contribution in [0.4, 0.5) is 15.9 Å². The minimum Gasteiger partial charge on any atom is -0.340 e. The van der Waals surface area contributed by atoms with Crippen molar-refractivity contribution in [3.05, 3.63) is 54.0 Å². The van der Waals surface area contributed by atoms with Crippen molar-refractivity contribution in [1.82, 2.24) is 4.98 Å². The van der Waals surface area contributed by atoms with E-state index in [-0.39, 0.29) is 0 Å². The second-order valence-electron chi connectivity index (χ2n) is 3.52. The van der Waals surface area contributed by atoms with Crippen LogP contribution in [0.15, 0.2) is 42.5 Å². The molecule has 0 fully saturated rings. The van der Waals surface area contributed by atoms with Gasteiger partial charge in [0.2, 0.25) is 5.95 Å². The summed E-state index contributed by atoms with van der Waals surface area (Å²) >= 11 is 0. The van der Waals surface area contributed by atoms with E-state index >= 15 is 0 Å². The highest BCUT2D eigenvalue weighted by Gasteiger charge is 1.97. The summed E-state index contributed by atoms with van der Waals surface area (Å²) < 4.78 is 12.8. The normalized spacial score (nSPS) is 10.1. The molecule has 2 rings (SSSR count). The van der Waals surface area contributed by atoms with Gasteiger partial charge in [-0.3, -0.25) is 0 Å². The smallest absolute Gasteiger partial charge is 0.214 e. The standard InChI is InChI=1S/C13H13FN2/c1-2-10-6-8-11(9-7-10)15-13-5-3-4-12(14)16-13/h3-9H,2H2,1H3,(H,15,16). The number of hydrogen-bond acceptors (Lipinski definition) is 2. The van der Waals surface area contributed by atoms with Crippen LogP contribution in [0.2, 0.25) is 0 Å². The number of anilines is 2. The summed E-state index contributed by atoms with van der Waals surface area (Å²) in [5.41, 5.74) is 2.19. The molecule has 2 aromatic rings. The van der Waals surface area contributed by atoms with E-state index in [9.17, 15) is 4.39 Å². The molecule has 1 aromatic carbocycles. The van der Waals surface area contributed by atoms with E-state index in [0.29, 0.717) is 5.82 Å². The van der Waals surface area contributed by atoms with Crippen molar-refractivity contribution < 1.29 is 4.39 Å². The number of aromatic nitrogens is 1. The lowest BCUT2D eigenvalue weighted by molar-refractivity contribution is 0.585. The third-order valence-corrected chi connectivity index (χ3v) is 2.35. The first-order valence-electron chi connectivity index (χ1n) is 5.26. The molecule has 16 heavy (non-hydrogen) atoms. The Morgan fingerprint density at radius 3 is 2.50 bits per heavy atom. The van der Waals surface area contributed by atoms with Crippen molar-refractivity contribution in [3.63, 3.8) is 0 Å². The van der Waals surface area contributed by atoms with Gasteiger partial charge in [-0.25, -0.2) is 4.98 Å². The highest BCUT2D eigenvalue weighted by molar-refractivity contribution is 5.56. The first-order valence-corrected chi connectivity index (χ1v) is 5.26. The van der Waals surface area contributed by atoms with E-state index in [1.165, 1.54) is 11.6 Å². The molecule has 0 unspecified atom stereocenters. The molecule has 0 aliphatic heterocycles. The summed E-state index contributed by atoms with van der Waals surface area (Å²) in [6, 6.07) is 12.7. The molecule has 1 N–H and O–H groups in total. The number of halogens is 1. The van der Waals surface area contributed by atoms with E-state index in [0.717, 1.165) is 12.1 Å². The molecule has 0 atom stereocenters. The molecule has 0 radical (unpaired) electrons. The van der Waals surface area contributed by atoms with Gasteiger partial charge in [-0.05, 0) is 36.2 Å². The number of rotatable bonds is 3. The fraction of sp³-hybridized carbons (Fsp3) is 0.154. The SMILES string of the molecule is CCc1ccc(Nc2cccc(F)n2)cc1. The Kier molecular flexibility index (Phi) is 3.15. The van der Waals surface area contributed by atoms with Gasteiger partial charge in [0.15, 0.2) is 0 Å². The molecule has 2 nitrogen and oxygen atoms in total. The number of nitrogens with one attached hydrogen (secondary N) is 1. The van der Waals surface area contributed by atoms with Crippen LogP contribution < -0.4 is 5.32 Å². The minimum absolute atomic E-state index is 0.477. The zero-order chi connectivity index (χ0) is 11.4.